The lowest BCUT2D eigenvalue weighted by Crippen LogP contribution is -2.34. The molecule has 1 amide bonds. The highest BCUT2D eigenvalue weighted by Gasteiger charge is 2.25. The van der Waals surface area contributed by atoms with Gasteiger partial charge in [-0.2, -0.15) is 0 Å². The van der Waals surface area contributed by atoms with Crippen LogP contribution >= 0.6 is 0 Å². The largest absolute Gasteiger partial charge is 0.452 e. The van der Waals surface area contributed by atoms with Crippen molar-refractivity contribution in [1.82, 2.24) is 4.90 Å². The molecule has 0 aliphatic heterocycles. The first kappa shape index (κ1) is 21.7. The van der Waals surface area contributed by atoms with Gasteiger partial charge in [0.2, 0.25) is 0 Å². The van der Waals surface area contributed by atoms with Crippen molar-refractivity contribution in [3.63, 3.8) is 0 Å². The summed E-state index contributed by atoms with van der Waals surface area (Å²) in [7, 11) is 0. The monoisotopic (exact) mass is 418 g/mol. The van der Waals surface area contributed by atoms with E-state index in [2.05, 4.69) is 0 Å². The molecular weight excluding hydrogens is 396 g/mol. The van der Waals surface area contributed by atoms with Crippen molar-refractivity contribution in [3.05, 3.63) is 111 Å². The average Bonchev–Trinajstić information content (AvgIpc) is 2.77. The average molecular weight is 418 g/mol. The second-order valence-electron chi connectivity index (χ2n) is 7.03. The van der Waals surface area contributed by atoms with Gasteiger partial charge in [0.25, 0.3) is 11.6 Å². The maximum absolute atomic E-state index is 12.9. The zero-order valence-corrected chi connectivity index (χ0v) is 17.1. The highest BCUT2D eigenvalue weighted by atomic mass is 16.6. The Balaban J connectivity index is 1.73. The number of rotatable bonds is 8. The summed E-state index contributed by atoms with van der Waals surface area (Å²) in [6, 6.07) is 23.4. The van der Waals surface area contributed by atoms with E-state index in [1.54, 1.807) is 17.9 Å². The van der Waals surface area contributed by atoms with Crippen LogP contribution in [0, 0.1) is 17.0 Å². The SMILES string of the molecule is Cc1cccc(C(=O)OCC(=O)N(Cc2ccccc2)Cc2ccccc2)c1[N+](=O)[O-]. The van der Waals surface area contributed by atoms with Crippen LogP contribution in [0.1, 0.15) is 27.0 Å². The Morgan fingerprint density at radius 1 is 0.871 bits per heavy atom. The lowest BCUT2D eigenvalue weighted by Gasteiger charge is -2.23. The van der Waals surface area contributed by atoms with E-state index >= 15 is 0 Å². The lowest BCUT2D eigenvalue weighted by atomic mass is 10.1. The Morgan fingerprint density at radius 3 is 1.94 bits per heavy atom. The maximum Gasteiger partial charge on any atom is 0.345 e. The van der Waals surface area contributed by atoms with Crippen molar-refractivity contribution in [2.45, 2.75) is 20.0 Å². The zero-order valence-electron chi connectivity index (χ0n) is 17.1. The summed E-state index contributed by atoms with van der Waals surface area (Å²) in [6.45, 7) is 1.72. The standard InChI is InChI=1S/C24H22N2O5/c1-18-9-8-14-21(23(18)26(29)30)24(28)31-17-22(27)25(15-19-10-4-2-5-11-19)16-20-12-6-3-7-13-20/h2-14H,15-17H2,1H3. The molecule has 0 bridgehead atoms. The van der Waals surface area contributed by atoms with E-state index in [4.69, 9.17) is 4.74 Å². The molecule has 0 spiro atoms. The number of carbonyl (C=O) groups excluding carboxylic acids is 2. The Hall–Kier alpha value is -4.00. The van der Waals surface area contributed by atoms with Gasteiger partial charge in [0.15, 0.2) is 6.61 Å². The van der Waals surface area contributed by atoms with E-state index < -0.39 is 23.4 Å². The zero-order chi connectivity index (χ0) is 22.2. The quantitative estimate of drug-likeness (QED) is 0.309. The predicted molar refractivity (Wildman–Crippen MR) is 115 cm³/mol. The summed E-state index contributed by atoms with van der Waals surface area (Å²) in [5.41, 5.74) is 1.74. The van der Waals surface area contributed by atoms with Gasteiger partial charge in [-0.15, -0.1) is 0 Å². The number of hydrogen-bond donors (Lipinski definition) is 0. The third kappa shape index (κ3) is 5.76. The summed E-state index contributed by atoms with van der Waals surface area (Å²) < 4.78 is 5.16. The van der Waals surface area contributed by atoms with Crippen LogP contribution in [0.2, 0.25) is 0 Å². The summed E-state index contributed by atoms with van der Waals surface area (Å²) in [6.07, 6.45) is 0. The molecule has 0 radical (unpaired) electrons. The summed E-state index contributed by atoms with van der Waals surface area (Å²) in [4.78, 5) is 37.6. The lowest BCUT2D eigenvalue weighted by molar-refractivity contribution is -0.385. The first-order valence-corrected chi connectivity index (χ1v) is 9.72. The van der Waals surface area contributed by atoms with Gasteiger partial charge in [-0.05, 0) is 24.1 Å². The molecule has 7 nitrogen and oxygen atoms in total. The van der Waals surface area contributed by atoms with Gasteiger partial charge in [-0.25, -0.2) is 4.79 Å². The molecule has 0 heterocycles. The number of nitro groups is 1. The molecular formula is C24H22N2O5. The fourth-order valence-corrected chi connectivity index (χ4v) is 3.20. The fourth-order valence-electron chi connectivity index (χ4n) is 3.20. The van der Waals surface area contributed by atoms with Crippen LogP contribution in [-0.4, -0.2) is 28.3 Å². The number of amides is 1. The number of para-hydroxylation sites is 1. The number of ether oxygens (including phenoxy) is 1. The van der Waals surface area contributed by atoms with E-state index in [9.17, 15) is 19.7 Å². The normalized spacial score (nSPS) is 10.4. The van der Waals surface area contributed by atoms with E-state index in [0.29, 0.717) is 18.7 Å². The Morgan fingerprint density at radius 2 is 1.42 bits per heavy atom. The summed E-state index contributed by atoms with van der Waals surface area (Å²) >= 11 is 0. The molecule has 3 aromatic rings. The third-order valence-electron chi connectivity index (χ3n) is 4.75. The minimum atomic E-state index is -0.900. The van der Waals surface area contributed by atoms with Crippen LogP contribution in [-0.2, 0) is 22.6 Å². The second kappa shape index (κ2) is 10.2. The van der Waals surface area contributed by atoms with E-state index in [1.165, 1.54) is 12.1 Å². The van der Waals surface area contributed by atoms with Crippen LogP contribution in [0.5, 0.6) is 0 Å². The number of nitrogens with zero attached hydrogens (tertiary/aromatic N) is 2. The van der Waals surface area contributed by atoms with E-state index in [-0.39, 0.29) is 11.3 Å². The highest BCUT2D eigenvalue weighted by Crippen LogP contribution is 2.23. The Labute approximate surface area is 180 Å². The fraction of sp³-hybridized carbons (Fsp3) is 0.167. The van der Waals surface area contributed by atoms with Crippen molar-refractivity contribution in [3.8, 4) is 0 Å². The number of nitro benzene ring substituents is 1. The highest BCUT2D eigenvalue weighted by molar-refractivity contribution is 5.95. The Bertz CT molecular complexity index is 1030. The molecule has 0 atom stereocenters. The molecule has 0 N–H and O–H groups in total. The molecule has 31 heavy (non-hydrogen) atoms. The molecule has 0 fully saturated rings. The molecule has 3 rings (SSSR count). The first-order chi connectivity index (χ1) is 15.0. The molecule has 0 saturated carbocycles. The number of benzene rings is 3. The minimum absolute atomic E-state index is 0.171. The Kier molecular flexibility index (Phi) is 7.11. The van der Waals surface area contributed by atoms with Gasteiger partial charge in [0, 0.05) is 18.7 Å². The maximum atomic E-state index is 12.9. The van der Waals surface area contributed by atoms with E-state index in [0.717, 1.165) is 11.1 Å². The number of esters is 1. The number of aryl methyl sites for hydroxylation is 1. The molecule has 0 unspecified atom stereocenters. The summed E-state index contributed by atoms with van der Waals surface area (Å²) in [5, 5.41) is 11.3. The van der Waals surface area contributed by atoms with E-state index in [1.807, 2.05) is 60.7 Å². The van der Waals surface area contributed by atoms with Gasteiger partial charge in [0.05, 0.1) is 4.92 Å². The van der Waals surface area contributed by atoms with Crippen LogP contribution in [0.4, 0.5) is 5.69 Å². The van der Waals surface area contributed by atoms with Crippen LogP contribution < -0.4 is 0 Å². The van der Waals surface area contributed by atoms with Crippen molar-refractivity contribution in [2.75, 3.05) is 6.61 Å². The number of carbonyl (C=O) groups is 2. The smallest absolute Gasteiger partial charge is 0.345 e. The minimum Gasteiger partial charge on any atom is -0.452 e. The molecule has 3 aromatic carbocycles. The van der Waals surface area contributed by atoms with Crippen molar-refractivity contribution >= 4 is 17.6 Å². The van der Waals surface area contributed by atoms with Gasteiger partial charge in [-0.1, -0.05) is 72.8 Å². The second-order valence-corrected chi connectivity index (χ2v) is 7.03. The van der Waals surface area contributed by atoms with Gasteiger partial charge in [0.1, 0.15) is 5.56 Å². The molecule has 0 aliphatic carbocycles. The molecule has 7 heteroatoms. The molecule has 158 valence electrons. The molecule has 0 aromatic heterocycles. The van der Waals surface area contributed by atoms with Gasteiger partial charge >= 0.3 is 5.97 Å². The number of hydrogen-bond acceptors (Lipinski definition) is 5. The van der Waals surface area contributed by atoms with Crippen molar-refractivity contribution < 1.29 is 19.2 Å². The topological polar surface area (TPSA) is 89.8 Å². The predicted octanol–water partition coefficient (Wildman–Crippen LogP) is 4.29. The van der Waals surface area contributed by atoms with Gasteiger partial charge in [-0.3, -0.25) is 14.9 Å². The van der Waals surface area contributed by atoms with Crippen LogP contribution in [0.3, 0.4) is 0 Å². The van der Waals surface area contributed by atoms with Crippen LogP contribution in [0.25, 0.3) is 0 Å². The third-order valence-corrected chi connectivity index (χ3v) is 4.75. The van der Waals surface area contributed by atoms with Crippen LogP contribution in [0.15, 0.2) is 78.9 Å². The molecule has 0 aliphatic rings. The summed E-state index contributed by atoms with van der Waals surface area (Å²) in [5.74, 6) is -1.29. The molecule has 0 saturated heterocycles. The van der Waals surface area contributed by atoms with Crippen molar-refractivity contribution in [2.24, 2.45) is 0 Å². The van der Waals surface area contributed by atoms with Gasteiger partial charge < -0.3 is 9.64 Å². The van der Waals surface area contributed by atoms with Crippen molar-refractivity contribution in [1.29, 1.82) is 0 Å². The first-order valence-electron chi connectivity index (χ1n) is 9.72.